The number of nitrogens with one attached hydrogen (secondary N) is 3. The van der Waals surface area contributed by atoms with Gasteiger partial charge in [0.05, 0.1) is 5.56 Å². The van der Waals surface area contributed by atoms with Crippen molar-refractivity contribution in [2.75, 3.05) is 18.4 Å². The normalized spacial score (nSPS) is 16.4. The van der Waals surface area contributed by atoms with Crippen molar-refractivity contribution in [1.29, 1.82) is 0 Å². The van der Waals surface area contributed by atoms with E-state index in [9.17, 15) is 9.59 Å². The number of amides is 2. The van der Waals surface area contributed by atoms with E-state index >= 15 is 0 Å². The largest absolute Gasteiger partial charge is 0.352 e. The fourth-order valence-corrected chi connectivity index (χ4v) is 3.50. The van der Waals surface area contributed by atoms with Crippen LogP contribution in [0.4, 0.5) is 5.69 Å². The van der Waals surface area contributed by atoms with Crippen LogP contribution in [0.25, 0.3) is 0 Å². The Balaban J connectivity index is 0.00000225. The maximum absolute atomic E-state index is 12.2. The Labute approximate surface area is 190 Å². The highest BCUT2D eigenvalue weighted by Crippen LogP contribution is 2.22. The summed E-state index contributed by atoms with van der Waals surface area (Å²) >= 11 is 0. The van der Waals surface area contributed by atoms with E-state index in [1.165, 1.54) is 19.0 Å². The van der Waals surface area contributed by atoms with Crippen LogP contribution >= 0.6 is 24.8 Å². The highest BCUT2D eigenvalue weighted by atomic mass is 35.5. The van der Waals surface area contributed by atoms with Gasteiger partial charge in [-0.15, -0.1) is 24.8 Å². The van der Waals surface area contributed by atoms with Gasteiger partial charge in [-0.1, -0.05) is 19.1 Å². The molecule has 1 aromatic carbocycles. The zero-order valence-electron chi connectivity index (χ0n) is 17.1. The van der Waals surface area contributed by atoms with Gasteiger partial charge in [0.1, 0.15) is 0 Å². The van der Waals surface area contributed by atoms with E-state index < -0.39 is 0 Å². The van der Waals surface area contributed by atoms with Crippen molar-refractivity contribution in [2.24, 2.45) is 11.8 Å². The number of carbonyl (C=O) groups is 2. The van der Waals surface area contributed by atoms with Gasteiger partial charge in [-0.25, -0.2) is 0 Å². The second-order valence-electron chi connectivity index (χ2n) is 7.46. The van der Waals surface area contributed by atoms with Crippen molar-refractivity contribution >= 4 is 42.3 Å². The average Bonchev–Trinajstić information content (AvgIpc) is 2.74. The lowest BCUT2D eigenvalue weighted by molar-refractivity contribution is -0.122. The van der Waals surface area contributed by atoms with Gasteiger partial charge in [-0.3, -0.25) is 14.6 Å². The van der Waals surface area contributed by atoms with E-state index in [-0.39, 0.29) is 36.6 Å². The van der Waals surface area contributed by atoms with E-state index in [4.69, 9.17) is 0 Å². The third-order valence-corrected chi connectivity index (χ3v) is 5.27. The van der Waals surface area contributed by atoms with Gasteiger partial charge in [-0.05, 0) is 67.6 Å². The van der Waals surface area contributed by atoms with Gasteiger partial charge in [0.2, 0.25) is 5.91 Å². The topological polar surface area (TPSA) is 83.1 Å². The molecule has 1 aromatic heterocycles. The molecule has 1 aliphatic heterocycles. The van der Waals surface area contributed by atoms with Crippen LogP contribution in [0.2, 0.25) is 0 Å². The first-order valence-electron chi connectivity index (χ1n) is 9.89. The molecule has 2 heterocycles. The molecule has 30 heavy (non-hydrogen) atoms. The molecule has 6 nitrogen and oxygen atoms in total. The molecule has 0 bridgehead atoms. The summed E-state index contributed by atoms with van der Waals surface area (Å²) < 4.78 is 0. The van der Waals surface area contributed by atoms with Gasteiger partial charge >= 0.3 is 0 Å². The van der Waals surface area contributed by atoms with E-state index in [0.717, 1.165) is 18.7 Å². The molecule has 3 N–H and O–H groups in total. The molecule has 164 valence electrons. The van der Waals surface area contributed by atoms with Crippen LogP contribution in [0.15, 0.2) is 48.8 Å². The number of nitrogens with zero attached hydrogens (tertiary/aromatic N) is 1. The van der Waals surface area contributed by atoms with Crippen LogP contribution in [0.1, 0.15) is 42.1 Å². The third-order valence-electron chi connectivity index (χ3n) is 5.27. The molecule has 2 amide bonds. The maximum atomic E-state index is 12.2. The molecule has 1 fully saturated rings. The summed E-state index contributed by atoms with van der Waals surface area (Å²) in [7, 11) is 0. The van der Waals surface area contributed by atoms with Crippen LogP contribution < -0.4 is 16.0 Å². The highest BCUT2D eigenvalue weighted by Gasteiger charge is 2.21. The van der Waals surface area contributed by atoms with Crippen molar-refractivity contribution in [3.05, 3.63) is 59.9 Å². The number of piperidine rings is 1. The summed E-state index contributed by atoms with van der Waals surface area (Å²) in [4.78, 5) is 28.3. The molecule has 0 saturated carbocycles. The number of aromatic nitrogens is 1. The molecular formula is C22H30Cl2N4O2. The van der Waals surface area contributed by atoms with Crippen molar-refractivity contribution in [2.45, 2.75) is 32.7 Å². The van der Waals surface area contributed by atoms with Crippen LogP contribution in [0.3, 0.4) is 0 Å². The quantitative estimate of drug-likeness (QED) is 0.595. The number of halogens is 2. The van der Waals surface area contributed by atoms with Gasteiger partial charge in [0.15, 0.2) is 0 Å². The number of hydrogen-bond acceptors (Lipinski definition) is 4. The third kappa shape index (κ3) is 7.94. The Bertz CT molecular complexity index is 781. The number of rotatable bonds is 7. The van der Waals surface area contributed by atoms with Crippen molar-refractivity contribution in [3.8, 4) is 0 Å². The van der Waals surface area contributed by atoms with E-state index in [2.05, 4.69) is 27.9 Å². The Morgan fingerprint density at radius 2 is 1.97 bits per heavy atom. The molecule has 0 aliphatic carbocycles. The summed E-state index contributed by atoms with van der Waals surface area (Å²) in [6, 6.07) is 10.9. The number of pyridine rings is 1. The smallest absolute Gasteiger partial charge is 0.257 e. The molecule has 2 aromatic rings. The molecule has 8 heteroatoms. The number of carbonyl (C=O) groups excluding carboxylic acids is 2. The standard InChI is InChI=1S/C22H28N4O2.2ClH/c1-16(18-4-2-10-23-14-18)12-21(27)25-13-17-6-8-20(9-7-17)26-22(28)19-5-3-11-24-15-19;;/h3,5-9,11,15-16,18,23H,2,4,10,12-14H2,1H3,(H,25,27)(H,26,28);2*1H. The molecule has 1 aliphatic rings. The molecule has 2 atom stereocenters. The molecule has 3 rings (SSSR count). The lowest BCUT2D eigenvalue weighted by Crippen LogP contribution is -2.35. The molecular weight excluding hydrogens is 423 g/mol. The summed E-state index contributed by atoms with van der Waals surface area (Å²) in [6.07, 6.45) is 6.12. The van der Waals surface area contributed by atoms with E-state index in [0.29, 0.717) is 36.1 Å². The van der Waals surface area contributed by atoms with Gasteiger partial charge < -0.3 is 16.0 Å². The van der Waals surface area contributed by atoms with Crippen LogP contribution in [0, 0.1) is 11.8 Å². The number of benzene rings is 1. The first kappa shape index (κ1) is 25.9. The minimum absolute atomic E-state index is 0. The Hall–Kier alpha value is -2.15. The molecule has 0 spiro atoms. The summed E-state index contributed by atoms with van der Waals surface area (Å²) in [5.41, 5.74) is 2.23. The highest BCUT2D eigenvalue weighted by molar-refractivity contribution is 6.04. The summed E-state index contributed by atoms with van der Waals surface area (Å²) in [6.45, 7) is 4.76. The predicted octanol–water partition coefficient (Wildman–Crippen LogP) is 3.82. The lowest BCUT2D eigenvalue weighted by atomic mass is 9.85. The zero-order chi connectivity index (χ0) is 19.8. The monoisotopic (exact) mass is 452 g/mol. The Kier molecular flexibility index (Phi) is 11.4. The fraction of sp³-hybridized carbons (Fsp3) is 0.409. The molecule has 1 saturated heterocycles. The van der Waals surface area contributed by atoms with Crippen LogP contribution in [-0.4, -0.2) is 29.9 Å². The van der Waals surface area contributed by atoms with Crippen LogP contribution in [-0.2, 0) is 11.3 Å². The van der Waals surface area contributed by atoms with Gasteiger partial charge in [0, 0.05) is 31.0 Å². The lowest BCUT2D eigenvalue weighted by Gasteiger charge is -2.28. The van der Waals surface area contributed by atoms with Crippen molar-refractivity contribution < 1.29 is 9.59 Å². The summed E-state index contributed by atoms with van der Waals surface area (Å²) in [5, 5.41) is 9.25. The van der Waals surface area contributed by atoms with Crippen LogP contribution in [0.5, 0.6) is 0 Å². The predicted molar refractivity (Wildman–Crippen MR) is 124 cm³/mol. The minimum Gasteiger partial charge on any atom is -0.352 e. The van der Waals surface area contributed by atoms with Crippen molar-refractivity contribution in [3.63, 3.8) is 0 Å². The van der Waals surface area contributed by atoms with Crippen molar-refractivity contribution in [1.82, 2.24) is 15.6 Å². The first-order valence-corrected chi connectivity index (χ1v) is 9.89. The van der Waals surface area contributed by atoms with Gasteiger partial charge in [0.25, 0.3) is 5.91 Å². The Morgan fingerprint density at radius 3 is 2.60 bits per heavy atom. The van der Waals surface area contributed by atoms with E-state index in [1.807, 2.05) is 24.3 Å². The Morgan fingerprint density at radius 1 is 1.20 bits per heavy atom. The van der Waals surface area contributed by atoms with Gasteiger partial charge in [-0.2, -0.15) is 0 Å². The zero-order valence-corrected chi connectivity index (χ0v) is 18.7. The maximum Gasteiger partial charge on any atom is 0.257 e. The van der Waals surface area contributed by atoms with E-state index in [1.54, 1.807) is 18.3 Å². The minimum atomic E-state index is -0.194. The summed E-state index contributed by atoms with van der Waals surface area (Å²) in [5.74, 6) is 0.868. The second-order valence-corrected chi connectivity index (χ2v) is 7.46. The average molecular weight is 453 g/mol. The second kappa shape index (κ2) is 13.2. The SMILES string of the molecule is CC(CC(=O)NCc1ccc(NC(=O)c2cccnc2)cc1)C1CCCNC1.Cl.Cl. The number of anilines is 1. The fourth-order valence-electron chi connectivity index (χ4n) is 3.50. The number of hydrogen-bond donors (Lipinski definition) is 3. The molecule has 0 radical (unpaired) electrons. The first-order chi connectivity index (χ1) is 13.6. The molecule has 2 unspecified atom stereocenters.